The third-order valence-corrected chi connectivity index (χ3v) is 6.17. The number of nitrogens with zero attached hydrogens (tertiary/aromatic N) is 1. The molecule has 118 valence electrons. The molecule has 20 heavy (non-hydrogen) atoms. The van der Waals surface area contributed by atoms with E-state index in [2.05, 4.69) is 17.0 Å². The third kappa shape index (κ3) is 4.41. The maximum Gasteiger partial charge on any atom is 0.279 e. The van der Waals surface area contributed by atoms with Crippen LogP contribution in [-0.4, -0.2) is 44.9 Å². The molecule has 0 radical (unpaired) electrons. The van der Waals surface area contributed by atoms with Crippen LogP contribution in [-0.2, 0) is 10.2 Å². The predicted octanol–water partition coefficient (Wildman–Crippen LogP) is 1.47. The molecule has 2 aliphatic rings. The van der Waals surface area contributed by atoms with Crippen molar-refractivity contribution < 1.29 is 8.42 Å². The molecule has 0 amide bonds. The number of rotatable bonds is 7. The van der Waals surface area contributed by atoms with E-state index in [1.807, 2.05) is 0 Å². The number of hydrogen-bond donors (Lipinski definition) is 2. The summed E-state index contributed by atoms with van der Waals surface area (Å²) in [6.07, 6.45) is 7.92. The average molecular weight is 303 g/mol. The van der Waals surface area contributed by atoms with Crippen molar-refractivity contribution in [1.82, 2.24) is 14.3 Å². The topological polar surface area (TPSA) is 61.4 Å². The molecule has 2 fully saturated rings. The van der Waals surface area contributed by atoms with Crippen LogP contribution in [0.1, 0.15) is 51.9 Å². The van der Waals surface area contributed by atoms with Crippen molar-refractivity contribution >= 4 is 10.2 Å². The summed E-state index contributed by atoms with van der Waals surface area (Å²) >= 11 is 0. The van der Waals surface area contributed by atoms with E-state index in [-0.39, 0.29) is 6.04 Å². The Bertz CT molecular complexity index is 380. The molecule has 0 aromatic heterocycles. The van der Waals surface area contributed by atoms with E-state index in [1.54, 1.807) is 4.31 Å². The molecule has 5 nitrogen and oxygen atoms in total. The molecule has 1 saturated carbocycles. The van der Waals surface area contributed by atoms with E-state index in [1.165, 1.54) is 25.7 Å². The van der Waals surface area contributed by atoms with Gasteiger partial charge in [0.05, 0.1) is 0 Å². The van der Waals surface area contributed by atoms with Crippen molar-refractivity contribution in [2.24, 2.45) is 5.92 Å². The van der Waals surface area contributed by atoms with Crippen molar-refractivity contribution in [3.63, 3.8) is 0 Å². The van der Waals surface area contributed by atoms with Gasteiger partial charge in [0.1, 0.15) is 0 Å². The summed E-state index contributed by atoms with van der Waals surface area (Å²) in [5, 5.41) is 3.28. The largest absolute Gasteiger partial charge is 0.315 e. The van der Waals surface area contributed by atoms with Gasteiger partial charge in [-0.05, 0) is 38.1 Å². The van der Waals surface area contributed by atoms with Crippen LogP contribution in [0.25, 0.3) is 0 Å². The number of nitrogens with one attached hydrogen (secondary N) is 2. The first-order valence-electron chi connectivity index (χ1n) is 8.10. The standard InChI is InChI=1S/C14H29N3O2S/c1-2-15-12-14-9-5-6-10-17(14)20(18,19)16-11-13-7-3-4-8-13/h13-16H,2-12H2,1H3. The molecule has 6 heteroatoms. The fourth-order valence-corrected chi connectivity index (χ4v) is 4.88. The van der Waals surface area contributed by atoms with Crippen LogP contribution in [0.3, 0.4) is 0 Å². The Morgan fingerprint density at radius 3 is 2.45 bits per heavy atom. The smallest absolute Gasteiger partial charge is 0.279 e. The van der Waals surface area contributed by atoms with E-state index >= 15 is 0 Å². The van der Waals surface area contributed by atoms with Crippen molar-refractivity contribution in [2.75, 3.05) is 26.2 Å². The van der Waals surface area contributed by atoms with Gasteiger partial charge in [0, 0.05) is 25.7 Å². The lowest BCUT2D eigenvalue weighted by Crippen LogP contribution is -2.52. The van der Waals surface area contributed by atoms with E-state index in [0.29, 0.717) is 19.0 Å². The number of piperidine rings is 1. The molecule has 1 aliphatic heterocycles. The first-order valence-corrected chi connectivity index (χ1v) is 9.54. The molecule has 2 rings (SSSR count). The second-order valence-corrected chi connectivity index (χ2v) is 7.78. The molecule has 1 unspecified atom stereocenters. The summed E-state index contributed by atoms with van der Waals surface area (Å²) in [6, 6.07) is 0.116. The second-order valence-electron chi connectivity index (χ2n) is 6.07. The highest BCUT2D eigenvalue weighted by Gasteiger charge is 2.32. The maximum atomic E-state index is 12.5. The molecule has 0 aromatic carbocycles. The lowest BCUT2D eigenvalue weighted by atomic mass is 10.1. The predicted molar refractivity (Wildman–Crippen MR) is 81.8 cm³/mol. The third-order valence-electron chi connectivity index (χ3n) is 4.54. The van der Waals surface area contributed by atoms with Crippen LogP contribution in [0.2, 0.25) is 0 Å². The molecule has 1 heterocycles. The first-order chi connectivity index (χ1) is 9.63. The average Bonchev–Trinajstić information content (AvgIpc) is 2.97. The fraction of sp³-hybridized carbons (Fsp3) is 1.00. The summed E-state index contributed by atoms with van der Waals surface area (Å²) < 4.78 is 29.5. The molecule has 1 atom stereocenters. The zero-order valence-electron chi connectivity index (χ0n) is 12.6. The van der Waals surface area contributed by atoms with E-state index in [0.717, 1.165) is 32.4 Å². The highest BCUT2D eigenvalue weighted by Crippen LogP contribution is 2.25. The monoisotopic (exact) mass is 303 g/mol. The number of hydrogen-bond acceptors (Lipinski definition) is 3. The fourth-order valence-electron chi connectivity index (χ4n) is 3.33. The highest BCUT2D eigenvalue weighted by molar-refractivity contribution is 7.87. The molecule has 2 N–H and O–H groups in total. The first kappa shape index (κ1) is 16.2. The van der Waals surface area contributed by atoms with Gasteiger partial charge in [-0.2, -0.15) is 12.7 Å². The van der Waals surface area contributed by atoms with Crippen LogP contribution in [0.4, 0.5) is 0 Å². The van der Waals surface area contributed by atoms with Gasteiger partial charge in [-0.25, -0.2) is 4.72 Å². The Hall–Kier alpha value is -0.170. The van der Waals surface area contributed by atoms with Crippen LogP contribution >= 0.6 is 0 Å². The summed E-state index contributed by atoms with van der Waals surface area (Å²) in [4.78, 5) is 0. The minimum Gasteiger partial charge on any atom is -0.315 e. The van der Waals surface area contributed by atoms with Crippen LogP contribution in [0.5, 0.6) is 0 Å². The molecule has 0 bridgehead atoms. The van der Waals surface area contributed by atoms with E-state index in [4.69, 9.17) is 0 Å². The van der Waals surface area contributed by atoms with Crippen LogP contribution < -0.4 is 10.0 Å². The SMILES string of the molecule is CCNCC1CCCCN1S(=O)(=O)NCC1CCCC1. The molecule has 0 aromatic rings. The molecule has 0 spiro atoms. The quantitative estimate of drug-likeness (QED) is 0.749. The van der Waals surface area contributed by atoms with Gasteiger partial charge < -0.3 is 5.32 Å². The Balaban J connectivity index is 1.90. The lowest BCUT2D eigenvalue weighted by molar-refractivity contribution is 0.243. The molecule has 1 aliphatic carbocycles. The Kier molecular flexibility index (Phi) is 6.26. The van der Waals surface area contributed by atoms with Crippen molar-refractivity contribution in [1.29, 1.82) is 0 Å². The molecular weight excluding hydrogens is 274 g/mol. The Morgan fingerprint density at radius 2 is 1.75 bits per heavy atom. The van der Waals surface area contributed by atoms with Crippen LogP contribution in [0.15, 0.2) is 0 Å². The van der Waals surface area contributed by atoms with E-state index in [9.17, 15) is 8.42 Å². The minimum atomic E-state index is -3.31. The summed E-state index contributed by atoms with van der Waals surface area (Å²) in [5.74, 6) is 0.543. The lowest BCUT2D eigenvalue weighted by Gasteiger charge is -2.35. The van der Waals surface area contributed by atoms with Gasteiger partial charge in [-0.15, -0.1) is 0 Å². The zero-order valence-corrected chi connectivity index (χ0v) is 13.4. The van der Waals surface area contributed by atoms with Gasteiger partial charge in [0.25, 0.3) is 10.2 Å². The van der Waals surface area contributed by atoms with Crippen molar-refractivity contribution in [2.45, 2.75) is 57.9 Å². The van der Waals surface area contributed by atoms with Crippen LogP contribution in [0, 0.1) is 5.92 Å². The molecular formula is C14H29N3O2S. The normalized spacial score (nSPS) is 26.1. The summed E-state index contributed by atoms with van der Waals surface area (Å²) in [6.45, 7) is 4.99. The summed E-state index contributed by atoms with van der Waals surface area (Å²) in [5.41, 5.74) is 0. The zero-order chi connectivity index (χ0) is 14.4. The second kappa shape index (κ2) is 7.73. The van der Waals surface area contributed by atoms with Gasteiger partial charge in [0.2, 0.25) is 0 Å². The molecule has 1 saturated heterocycles. The van der Waals surface area contributed by atoms with Gasteiger partial charge in [0.15, 0.2) is 0 Å². The maximum absolute atomic E-state index is 12.5. The Labute approximate surface area is 123 Å². The van der Waals surface area contributed by atoms with Crippen molar-refractivity contribution in [3.05, 3.63) is 0 Å². The minimum absolute atomic E-state index is 0.116. The summed E-state index contributed by atoms with van der Waals surface area (Å²) in [7, 11) is -3.31. The van der Waals surface area contributed by atoms with Gasteiger partial charge >= 0.3 is 0 Å². The number of likely N-dealkylation sites (N-methyl/N-ethyl adjacent to an activating group) is 1. The highest BCUT2D eigenvalue weighted by atomic mass is 32.2. The van der Waals surface area contributed by atoms with Crippen molar-refractivity contribution in [3.8, 4) is 0 Å². The van der Waals surface area contributed by atoms with E-state index < -0.39 is 10.2 Å². The van der Waals surface area contributed by atoms with Gasteiger partial charge in [-0.1, -0.05) is 26.2 Å². The Morgan fingerprint density at radius 1 is 1.05 bits per heavy atom. The van der Waals surface area contributed by atoms with Gasteiger partial charge in [-0.3, -0.25) is 0 Å².